The Morgan fingerprint density at radius 3 is 2.38 bits per heavy atom. The average Bonchev–Trinajstić information content (AvgIpc) is 2.46. The van der Waals surface area contributed by atoms with Crippen LogP contribution in [0.25, 0.3) is 0 Å². The second-order valence-electron chi connectivity index (χ2n) is 5.71. The first-order chi connectivity index (χ1) is 10.1. The molecule has 2 N–H and O–H groups in total. The van der Waals surface area contributed by atoms with E-state index in [0.717, 1.165) is 12.0 Å². The summed E-state index contributed by atoms with van der Waals surface area (Å²) < 4.78 is 0. The van der Waals surface area contributed by atoms with E-state index in [2.05, 4.69) is 43.4 Å². The largest absolute Gasteiger partial charge is 0.508 e. The van der Waals surface area contributed by atoms with Crippen LogP contribution in [-0.2, 0) is 6.54 Å². The van der Waals surface area contributed by atoms with E-state index in [4.69, 9.17) is 11.6 Å². The predicted molar refractivity (Wildman–Crippen MR) is 88.6 cm³/mol. The van der Waals surface area contributed by atoms with Crippen LogP contribution in [0.2, 0.25) is 5.02 Å². The Labute approximate surface area is 131 Å². The zero-order valence-electron chi connectivity index (χ0n) is 12.5. The summed E-state index contributed by atoms with van der Waals surface area (Å²) in [5.74, 6) is 0.828. The van der Waals surface area contributed by atoms with Gasteiger partial charge in [0.15, 0.2) is 0 Å². The molecule has 1 unspecified atom stereocenters. The Morgan fingerprint density at radius 1 is 1.05 bits per heavy atom. The lowest BCUT2D eigenvalue weighted by molar-refractivity contribution is 0.419. The van der Waals surface area contributed by atoms with E-state index in [1.54, 1.807) is 18.2 Å². The molecule has 0 saturated heterocycles. The minimum Gasteiger partial charge on any atom is -0.508 e. The van der Waals surface area contributed by atoms with E-state index in [0.29, 0.717) is 17.5 Å². The third kappa shape index (κ3) is 4.48. The quantitative estimate of drug-likeness (QED) is 0.793. The number of hydrogen-bond acceptors (Lipinski definition) is 2. The van der Waals surface area contributed by atoms with Gasteiger partial charge in [0.2, 0.25) is 0 Å². The first-order valence-electron chi connectivity index (χ1n) is 7.32. The van der Waals surface area contributed by atoms with Gasteiger partial charge in [-0.1, -0.05) is 61.8 Å². The van der Waals surface area contributed by atoms with Gasteiger partial charge in [0, 0.05) is 23.2 Å². The monoisotopic (exact) mass is 303 g/mol. The molecule has 21 heavy (non-hydrogen) atoms. The Hall–Kier alpha value is -1.51. The number of hydrogen-bond donors (Lipinski definition) is 2. The molecule has 1 atom stereocenters. The average molecular weight is 304 g/mol. The fraction of sp³-hybridized carbons (Fsp3) is 0.333. The van der Waals surface area contributed by atoms with Gasteiger partial charge in [-0.3, -0.25) is 0 Å². The first kappa shape index (κ1) is 15.9. The van der Waals surface area contributed by atoms with Gasteiger partial charge in [-0.15, -0.1) is 0 Å². The Morgan fingerprint density at radius 2 is 1.76 bits per heavy atom. The lowest BCUT2D eigenvalue weighted by Crippen LogP contribution is -2.22. The molecule has 0 aliphatic rings. The molecule has 0 aliphatic carbocycles. The molecule has 0 aliphatic heterocycles. The fourth-order valence-electron chi connectivity index (χ4n) is 2.44. The van der Waals surface area contributed by atoms with Crippen LogP contribution in [0, 0.1) is 5.92 Å². The molecule has 3 heteroatoms. The molecule has 2 rings (SSSR count). The van der Waals surface area contributed by atoms with Crippen molar-refractivity contribution in [2.45, 2.75) is 32.9 Å². The minimum atomic E-state index is 0.242. The van der Waals surface area contributed by atoms with Crippen molar-refractivity contribution in [2.75, 3.05) is 0 Å². The van der Waals surface area contributed by atoms with Crippen LogP contribution in [0.3, 0.4) is 0 Å². The van der Waals surface area contributed by atoms with Gasteiger partial charge < -0.3 is 10.4 Å². The van der Waals surface area contributed by atoms with E-state index in [-0.39, 0.29) is 11.8 Å². The molecule has 0 amide bonds. The first-order valence-corrected chi connectivity index (χ1v) is 7.70. The van der Waals surface area contributed by atoms with Crippen LogP contribution >= 0.6 is 11.6 Å². The van der Waals surface area contributed by atoms with Crippen molar-refractivity contribution in [3.8, 4) is 5.75 Å². The molecule has 0 saturated carbocycles. The summed E-state index contributed by atoms with van der Waals surface area (Å²) in [6.07, 6.45) is 1.04. The van der Waals surface area contributed by atoms with Gasteiger partial charge in [0.25, 0.3) is 0 Å². The summed E-state index contributed by atoms with van der Waals surface area (Å²) in [4.78, 5) is 0. The third-order valence-corrected chi connectivity index (χ3v) is 3.88. The molecule has 2 aromatic carbocycles. The maximum atomic E-state index is 9.93. The van der Waals surface area contributed by atoms with Crippen molar-refractivity contribution in [1.29, 1.82) is 0 Å². The van der Waals surface area contributed by atoms with Crippen molar-refractivity contribution in [3.05, 3.63) is 64.7 Å². The van der Waals surface area contributed by atoms with E-state index in [1.807, 2.05) is 6.07 Å². The topological polar surface area (TPSA) is 32.3 Å². The highest BCUT2D eigenvalue weighted by molar-refractivity contribution is 6.31. The van der Waals surface area contributed by atoms with Crippen LogP contribution in [0.4, 0.5) is 0 Å². The van der Waals surface area contributed by atoms with Crippen LogP contribution in [0.1, 0.15) is 37.4 Å². The van der Waals surface area contributed by atoms with Gasteiger partial charge in [0.1, 0.15) is 5.75 Å². The van der Waals surface area contributed by atoms with Crippen LogP contribution in [0.5, 0.6) is 5.75 Å². The summed E-state index contributed by atoms with van der Waals surface area (Å²) in [7, 11) is 0. The van der Waals surface area contributed by atoms with E-state index in [1.165, 1.54) is 5.56 Å². The van der Waals surface area contributed by atoms with Crippen LogP contribution < -0.4 is 5.32 Å². The summed E-state index contributed by atoms with van der Waals surface area (Å²) >= 11 is 6.16. The molecule has 2 nitrogen and oxygen atoms in total. The molecule has 0 bridgehead atoms. The molecule has 112 valence electrons. The van der Waals surface area contributed by atoms with Crippen LogP contribution in [0.15, 0.2) is 48.5 Å². The Bertz CT molecular complexity index is 548. The smallest absolute Gasteiger partial charge is 0.121 e. The maximum Gasteiger partial charge on any atom is 0.121 e. The zero-order chi connectivity index (χ0) is 15.2. The summed E-state index contributed by atoms with van der Waals surface area (Å²) in [6, 6.07) is 15.9. The van der Waals surface area contributed by atoms with E-state index < -0.39 is 0 Å². The van der Waals surface area contributed by atoms with Crippen LogP contribution in [-0.4, -0.2) is 5.11 Å². The number of rotatable bonds is 6. The standard InChI is InChI=1S/C18H22ClNO/c1-13(2)11-17(14-7-4-3-5-8-14)20-12-15-16(19)9-6-10-18(15)21/h3-10,13,17,20-21H,11-12H2,1-2H3. The third-order valence-electron chi connectivity index (χ3n) is 3.53. The number of phenols is 1. The zero-order valence-corrected chi connectivity index (χ0v) is 13.3. The lowest BCUT2D eigenvalue weighted by atomic mass is 9.96. The number of benzene rings is 2. The molecule has 0 heterocycles. The lowest BCUT2D eigenvalue weighted by Gasteiger charge is -2.22. The van der Waals surface area contributed by atoms with Crippen molar-refractivity contribution < 1.29 is 5.11 Å². The fourth-order valence-corrected chi connectivity index (χ4v) is 2.68. The van der Waals surface area contributed by atoms with Crippen molar-refractivity contribution in [2.24, 2.45) is 5.92 Å². The molecule has 0 fully saturated rings. The Kier molecular flexibility index (Phi) is 5.66. The van der Waals surface area contributed by atoms with E-state index >= 15 is 0 Å². The molecule has 0 radical (unpaired) electrons. The van der Waals surface area contributed by atoms with Crippen molar-refractivity contribution in [1.82, 2.24) is 5.32 Å². The van der Waals surface area contributed by atoms with Gasteiger partial charge in [-0.25, -0.2) is 0 Å². The number of halogens is 1. The maximum absolute atomic E-state index is 9.93. The molecule has 0 aromatic heterocycles. The molecule has 0 spiro atoms. The molecular formula is C18H22ClNO. The SMILES string of the molecule is CC(C)CC(NCc1c(O)cccc1Cl)c1ccccc1. The van der Waals surface area contributed by atoms with E-state index in [9.17, 15) is 5.11 Å². The summed E-state index contributed by atoms with van der Waals surface area (Å²) in [5, 5.41) is 14.0. The molecule has 2 aromatic rings. The number of phenolic OH excluding ortho intramolecular Hbond substituents is 1. The normalized spacial score (nSPS) is 12.6. The van der Waals surface area contributed by atoms with Crippen molar-refractivity contribution >= 4 is 11.6 Å². The highest BCUT2D eigenvalue weighted by Gasteiger charge is 2.14. The van der Waals surface area contributed by atoms with Gasteiger partial charge in [-0.05, 0) is 30.0 Å². The summed E-state index contributed by atoms with van der Waals surface area (Å²) in [6.45, 7) is 4.98. The van der Waals surface area contributed by atoms with Gasteiger partial charge in [0.05, 0.1) is 0 Å². The molecular weight excluding hydrogens is 282 g/mol. The predicted octanol–water partition coefficient (Wildman–Crippen LogP) is 4.92. The highest BCUT2D eigenvalue weighted by atomic mass is 35.5. The highest BCUT2D eigenvalue weighted by Crippen LogP contribution is 2.27. The second-order valence-corrected chi connectivity index (χ2v) is 6.12. The number of aromatic hydroxyl groups is 1. The van der Waals surface area contributed by atoms with Gasteiger partial charge in [-0.2, -0.15) is 0 Å². The minimum absolute atomic E-state index is 0.242. The second kappa shape index (κ2) is 7.48. The summed E-state index contributed by atoms with van der Waals surface area (Å²) in [5.41, 5.74) is 2.02. The number of nitrogens with one attached hydrogen (secondary N) is 1. The van der Waals surface area contributed by atoms with Crippen molar-refractivity contribution in [3.63, 3.8) is 0 Å². The Balaban J connectivity index is 2.13. The van der Waals surface area contributed by atoms with Gasteiger partial charge >= 0.3 is 0 Å².